The Bertz CT molecular complexity index is 559. The zero-order valence-electron chi connectivity index (χ0n) is 14.5. The first-order valence-corrected chi connectivity index (χ1v) is 8.43. The maximum absolute atomic E-state index is 5.17. The summed E-state index contributed by atoms with van der Waals surface area (Å²) in [5.41, 5.74) is 3.81. The van der Waals surface area contributed by atoms with Crippen LogP contribution in [0.5, 0.6) is 5.75 Å². The number of nitrogens with zero attached hydrogens (tertiary/aromatic N) is 1. The number of hydrogen-bond donors (Lipinski definition) is 1. The Labute approximate surface area is 140 Å². The molecule has 23 heavy (non-hydrogen) atoms. The molecular formula is C20H28N2O. The van der Waals surface area contributed by atoms with Gasteiger partial charge in [-0.25, -0.2) is 0 Å². The number of nitrogens with one attached hydrogen (secondary N) is 1. The first-order valence-electron chi connectivity index (χ1n) is 8.43. The van der Waals surface area contributed by atoms with E-state index < -0.39 is 0 Å². The fourth-order valence-electron chi connectivity index (χ4n) is 2.56. The predicted molar refractivity (Wildman–Crippen MR) is 98.3 cm³/mol. The Hall–Kier alpha value is -2.00. The molecule has 1 N–H and O–H groups in total. The van der Waals surface area contributed by atoms with Crippen molar-refractivity contribution in [3.63, 3.8) is 0 Å². The fourth-order valence-corrected chi connectivity index (χ4v) is 2.56. The van der Waals surface area contributed by atoms with Crippen LogP contribution in [0, 0.1) is 0 Å². The van der Waals surface area contributed by atoms with Crippen molar-refractivity contribution in [2.45, 2.75) is 26.8 Å². The molecule has 0 aliphatic heterocycles. The smallest absolute Gasteiger partial charge is 0.119 e. The second-order valence-corrected chi connectivity index (χ2v) is 5.68. The summed E-state index contributed by atoms with van der Waals surface area (Å²) in [5.74, 6) is 0.883. The number of methoxy groups -OCH3 is 1. The highest BCUT2D eigenvalue weighted by Crippen LogP contribution is 2.16. The quantitative estimate of drug-likeness (QED) is 0.751. The molecule has 0 fully saturated rings. The first kappa shape index (κ1) is 17.4. The third-order valence-electron chi connectivity index (χ3n) is 4.22. The molecule has 0 saturated heterocycles. The summed E-state index contributed by atoms with van der Waals surface area (Å²) in [6.07, 6.45) is 1.12. The molecule has 0 spiro atoms. The number of benzene rings is 2. The van der Waals surface area contributed by atoms with Crippen molar-refractivity contribution in [3.8, 4) is 5.75 Å². The van der Waals surface area contributed by atoms with E-state index in [1.165, 1.54) is 11.1 Å². The van der Waals surface area contributed by atoms with E-state index in [1.54, 1.807) is 7.11 Å². The van der Waals surface area contributed by atoms with Crippen LogP contribution < -0.4 is 10.1 Å². The van der Waals surface area contributed by atoms with E-state index in [0.29, 0.717) is 0 Å². The van der Waals surface area contributed by atoms with Crippen LogP contribution in [0.25, 0.3) is 0 Å². The van der Waals surface area contributed by atoms with Gasteiger partial charge in [0.1, 0.15) is 5.75 Å². The van der Waals surface area contributed by atoms with Crippen molar-refractivity contribution in [1.29, 1.82) is 0 Å². The molecule has 0 aliphatic rings. The first-order chi connectivity index (χ1) is 11.2. The number of hydrogen-bond acceptors (Lipinski definition) is 3. The Kier molecular flexibility index (Phi) is 6.95. The van der Waals surface area contributed by atoms with E-state index in [9.17, 15) is 0 Å². The summed E-state index contributed by atoms with van der Waals surface area (Å²) in [6.45, 7) is 8.66. The van der Waals surface area contributed by atoms with E-state index in [-0.39, 0.29) is 0 Å². The molecule has 0 radical (unpaired) electrons. The molecule has 2 aromatic rings. The summed E-state index contributed by atoms with van der Waals surface area (Å²) >= 11 is 0. The van der Waals surface area contributed by atoms with Crippen LogP contribution in [0.4, 0.5) is 5.69 Å². The largest absolute Gasteiger partial charge is 0.497 e. The van der Waals surface area contributed by atoms with E-state index in [0.717, 1.165) is 44.0 Å². The molecule has 124 valence electrons. The lowest BCUT2D eigenvalue weighted by Crippen LogP contribution is -2.25. The van der Waals surface area contributed by atoms with Gasteiger partial charge in [0.05, 0.1) is 7.11 Å². The standard InChI is InChI=1S/C20H28N2O/c1-4-22(5-2)15-14-17-6-8-18(9-7-17)16-21-19-10-12-20(23-3)13-11-19/h6-13,21H,4-5,14-16H2,1-3H3. The van der Waals surface area contributed by atoms with Crippen molar-refractivity contribution >= 4 is 5.69 Å². The highest BCUT2D eigenvalue weighted by Gasteiger charge is 2.01. The maximum atomic E-state index is 5.17. The molecule has 2 aromatic carbocycles. The van der Waals surface area contributed by atoms with E-state index >= 15 is 0 Å². The summed E-state index contributed by atoms with van der Waals surface area (Å²) in [4.78, 5) is 2.46. The predicted octanol–water partition coefficient (Wildman–Crippen LogP) is 4.19. The maximum Gasteiger partial charge on any atom is 0.119 e. The third-order valence-corrected chi connectivity index (χ3v) is 4.22. The summed E-state index contributed by atoms with van der Waals surface area (Å²) in [7, 11) is 1.68. The van der Waals surface area contributed by atoms with Gasteiger partial charge in [-0.2, -0.15) is 0 Å². The Morgan fingerprint density at radius 2 is 1.48 bits per heavy atom. The molecule has 0 saturated carbocycles. The van der Waals surface area contributed by atoms with Crippen molar-refractivity contribution in [2.75, 3.05) is 32.1 Å². The minimum atomic E-state index is 0.836. The Morgan fingerprint density at radius 3 is 2.04 bits per heavy atom. The monoisotopic (exact) mass is 312 g/mol. The van der Waals surface area contributed by atoms with Gasteiger partial charge >= 0.3 is 0 Å². The van der Waals surface area contributed by atoms with Gasteiger partial charge in [-0.3, -0.25) is 0 Å². The highest BCUT2D eigenvalue weighted by molar-refractivity contribution is 5.46. The minimum Gasteiger partial charge on any atom is -0.497 e. The minimum absolute atomic E-state index is 0.836. The summed E-state index contributed by atoms with van der Waals surface area (Å²) in [6, 6.07) is 16.9. The van der Waals surface area contributed by atoms with Crippen LogP contribution in [-0.4, -0.2) is 31.6 Å². The van der Waals surface area contributed by atoms with Crippen molar-refractivity contribution in [1.82, 2.24) is 4.90 Å². The zero-order valence-corrected chi connectivity index (χ0v) is 14.5. The van der Waals surface area contributed by atoms with Gasteiger partial charge in [0, 0.05) is 18.8 Å². The van der Waals surface area contributed by atoms with E-state index in [2.05, 4.69) is 48.3 Å². The van der Waals surface area contributed by atoms with Crippen molar-refractivity contribution in [3.05, 3.63) is 59.7 Å². The molecular weight excluding hydrogens is 284 g/mol. The average molecular weight is 312 g/mol. The van der Waals surface area contributed by atoms with Gasteiger partial charge < -0.3 is 15.0 Å². The lowest BCUT2D eigenvalue weighted by Gasteiger charge is -2.17. The zero-order chi connectivity index (χ0) is 16.5. The van der Waals surface area contributed by atoms with Crippen molar-refractivity contribution < 1.29 is 4.74 Å². The van der Waals surface area contributed by atoms with Gasteiger partial charge in [-0.05, 0) is 54.9 Å². The molecule has 0 amide bonds. The molecule has 0 heterocycles. The van der Waals surface area contributed by atoms with Gasteiger partial charge in [0.25, 0.3) is 0 Å². The van der Waals surface area contributed by atoms with Gasteiger partial charge in [0.15, 0.2) is 0 Å². The number of rotatable bonds is 9. The highest BCUT2D eigenvalue weighted by atomic mass is 16.5. The lowest BCUT2D eigenvalue weighted by atomic mass is 10.1. The molecule has 2 rings (SSSR count). The van der Waals surface area contributed by atoms with Crippen molar-refractivity contribution in [2.24, 2.45) is 0 Å². The molecule has 3 heteroatoms. The number of likely N-dealkylation sites (N-methyl/N-ethyl adjacent to an activating group) is 1. The molecule has 0 aliphatic carbocycles. The van der Waals surface area contributed by atoms with Crippen LogP contribution in [0.1, 0.15) is 25.0 Å². The van der Waals surface area contributed by atoms with E-state index in [4.69, 9.17) is 4.74 Å². The summed E-state index contributed by atoms with van der Waals surface area (Å²) < 4.78 is 5.17. The second-order valence-electron chi connectivity index (χ2n) is 5.68. The van der Waals surface area contributed by atoms with E-state index in [1.807, 2.05) is 24.3 Å². The third kappa shape index (κ3) is 5.61. The van der Waals surface area contributed by atoms with Crippen LogP contribution in [0.15, 0.2) is 48.5 Å². The molecule has 0 bridgehead atoms. The lowest BCUT2D eigenvalue weighted by molar-refractivity contribution is 0.308. The Morgan fingerprint density at radius 1 is 0.870 bits per heavy atom. The SMILES string of the molecule is CCN(CC)CCc1ccc(CNc2ccc(OC)cc2)cc1. The second kappa shape index (κ2) is 9.21. The van der Waals surface area contributed by atoms with Gasteiger partial charge in [-0.1, -0.05) is 38.1 Å². The number of ether oxygens (including phenoxy) is 1. The summed E-state index contributed by atoms with van der Waals surface area (Å²) in [5, 5.41) is 3.44. The van der Waals surface area contributed by atoms with Gasteiger partial charge in [-0.15, -0.1) is 0 Å². The Balaban J connectivity index is 1.82. The van der Waals surface area contributed by atoms with Gasteiger partial charge in [0.2, 0.25) is 0 Å². The fraction of sp³-hybridized carbons (Fsp3) is 0.400. The molecule has 0 aromatic heterocycles. The van der Waals surface area contributed by atoms with Crippen LogP contribution in [-0.2, 0) is 13.0 Å². The number of anilines is 1. The van der Waals surface area contributed by atoms with Crippen LogP contribution in [0.2, 0.25) is 0 Å². The molecule has 0 atom stereocenters. The molecule has 3 nitrogen and oxygen atoms in total. The average Bonchev–Trinajstić information content (AvgIpc) is 2.62. The topological polar surface area (TPSA) is 24.5 Å². The van der Waals surface area contributed by atoms with Crippen LogP contribution >= 0.6 is 0 Å². The molecule has 0 unspecified atom stereocenters. The normalized spacial score (nSPS) is 10.8. The van der Waals surface area contributed by atoms with Crippen LogP contribution in [0.3, 0.4) is 0 Å².